The van der Waals surface area contributed by atoms with Crippen molar-refractivity contribution in [2.45, 2.75) is 56.6 Å². The molecule has 1 saturated heterocycles. The summed E-state index contributed by atoms with van der Waals surface area (Å²) < 4.78 is 55.5. The van der Waals surface area contributed by atoms with Gasteiger partial charge in [-0.05, 0) is 61.6 Å². The first-order valence-corrected chi connectivity index (χ1v) is 15.4. The van der Waals surface area contributed by atoms with E-state index in [1.165, 1.54) is 18.2 Å². The number of piperidine rings is 1. The normalized spacial score (nSPS) is 33.2. The number of likely N-dealkylation sites (tertiary alicyclic amines) is 1. The van der Waals surface area contributed by atoms with E-state index in [0.717, 1.165) is 31.9 Å². The Kier molecular flexibility index (Phi) is 5.92. The molecule has 192 valence electrons. The first kappa shape index (κ1) is 24.5. The van der Waals surface area contributed by atoms with Crippen molar-refractivity contribution in [1.82, 2.24) is 4.90 Å². The average Bonchev–Trinajstić information content (AvgIpc) is 3.35. The standard InChI is InChI=1S/C23H32N4O6S2/c1-12(2)8-9-27-20-14-5-4-13(10-14)18(20)21(28)19(23(27)29)22-24-16-7-6-15(25-34(3,30)31)11-17(16)35(32,33)26-22/h6-7,11-14,18-21,25,28H,4-5,8-10H2,1-3H3,(H,24,26)/t13-,14+,18?,19?,20?,21?/m0/s1. The SMILES string of the molecule is CC(C)CCN1C(=O)C(C2=NS(=O)(=O)c3cc(NS(C)(=O)=O)ccc3N2)C(O)C2C1[C@@H]1CC[C@H]2C1. The van der Waals surface area contributed by atoms with E-state index >= 15 is 0 Å². The van der Waals surface area contributed by atoms with E-state index in [0.29, 0.717) is 24.3 Å². The molecule has 1 amide bonds. The largest absolute Gasteiger partial charge is 0.391 e. The van der Waals surface area contributed by atoms with Crippen LogP contribution in [-0.2, 0) is 24.8 Å². The van der Waals surface area contributed by atoms with E-state index in [1.54, 1.807) is 0 Å². The van der Waals surface area contributed by atoms with Crippen LogP contribution in [0.15, 0.2) is 27.5 Å². The van der Waals surface area contributed by atoms with E-state index in [9.17, 15) is 26.7 Å². The van der Waals surface area contributed by atoms with Gasteiger partial charge in [0.1, 0.15) is 16.6 Å². The molecule has 1 aromatic carbocycles. The van der Waals surface area contributed by atoms with Crippen molar-refractivity contribution in [1.29, 1.82) is 0 Å². The lowest BCUT2D eigenvalue weighted by atomic mass is 9.72. The topological polar surface area (TPSA) is 145 Å². The minimum absolute atomic E-state index is 0.0102. The Balaban J connectivity index is 1.50. The Morgan fingerprint density at radius 2 is 1.97 bits per heavy atom. The second-order valence-electron chi connectivity index (χ2n) is 10.7. The van der Waals surface area contributed by atoms with Crippen LogP contribution in [0.25, 0.3) is 0 Å². The van der Waals surface area contributed by atoms with Gasteiger partial charge < -0.3 is 15.3 Å². The number of benzene rings is 1. The molecule has 5 rings (SSSR count). The number of amides is 1. The molecule has 4 aliphatic rings. The van der Waals surface area contributed by atoms with E-state index in [4.69, 9.17) is 0 Å². The summed E-state index contributed by atoms with van der Waals surface area (Å²) in [4.78, 5) is 15.5. The molecule has 2 saturated carbocycles. The van der Waals surface area contributed by atoms with Gasteiger partial charge in [-0.3, -0.25) is 9.52 Å². The zero-order chi connectivity index (χ0) is 25.3. The molecule has 0 aromatic heterocycles. The van der Waals surface area contributed by atoms with Crippen LogP contribution in [0.3, 0.4) is 0 Å². The lowest BCUT2D eigenvalue weighted by molar-refractivity contribution is -0.154. The van der Waals surface area contributed by atoms with Crippen molar-refractivity contribution in [3.05, 3.63) is 18.2 Å². The first-order chi connectivity index (χ1) is 16.4. The van der Waals surface area contributed by atoms with Crippen LogP contribution >= 0.6 is 0 Å². The second kappa shape index (κ2) is 8.45. The summed E-state index contributed by atoms with van der Waals surface area (Å²) in [5, 5.41) is 14.4. The molecule has 1 aromatic rings. The Morgan fingerprint density at radius 3 is 2.66 bits per heavy atom. The predicted molar refractivity (Wildman–Crippen MR) is 132 cm³/mol. The van der Waals surface area contributed by atoms with Gasteiger partial charge in [-0.25, -0.2) is 8.42 Å². The molecular weight excluding hydrogens is 492 g/mol. The highest BCUT2D eigenvalue weighted by Gasteiger charge is 2.60. The number of amidine groups is 1. The number of nitrogens with zero attached hydrogens (tertiary/aromatic N) is 2. The van der Waals surface area contributed by atoms with Crippen molar-refractivity contribution >= 4 is 43.2 Å². The minimum atomic E-state index is -4.23. The summed E-state index contributed by atoms with van der Waals surface area (Å²) in [6.45, 7) is 4.77. The minimum Gasteiger partial charge on any atom is -0.391 e. The molecule has 2 aliphatic heterocycles. The molecule has 3 N–H and O–H groups in total. The van der Waals surface area contributed by atoms with E-state index in [2.05, 4.69) is 28.3 Å². The Morgan fingerprint density at radius 1 is 1.26 bits per heavy atom. The highest BCUT2D eigenvalue weighted by molar-refractivity contribution is 7.92. The van der Waals surface area contributed by atoms with Crippen molar-refractivity contribution < 1.29 is 26.7 Å². The summed E-state index contributed by atoms with van der Waals surface area (Å²) in [7, 11) is -7.83. The van der Waals surface area contributed by atoms with Crippen LogP contribution in [0.2, 0.25) is 0 Å². The number of sulfonamides is 2. The number of anilines is 2. The van der Waals surface area contributed by atoms with Gasteiger partial charge in [-0.1, -0.05) is 13.8 Å². The fourth-order valence-corrected chi connectivity index (χ4v) is 8.21. The summed E-state index contributed by atoms with van der Waals surface area (Å²) in [5.74, 6) is -0.463. The molecule has 35 heavy (non-hydrogen) atoms. The van der Waals surface area contributed by atoms with Gasteiger partial charge in [-0.2, -0.15) is 8.42 Å². The zero-order valence-corrected chi connectivity index (χ0v) is 21.6. The van der Waals surface area contributed by atoms with Crippen molar-refractivity contribution in [2.75, 3.05) is 22.8 Å². The molecule has 3 fully saturated rings. The summed E-state index contributed by atoms with van der Waals surface area (Å²) in [5.41, 5.74) is 0.284. The van der Waals surface area contributed by atoms with Gasteiger partial charge in [0.05, 0.1) is 18.0 Å². The molecule has 2 heterocycles. The van der Waals surface area contributed by atoms with Gasteiger partial charge >= 0.3 is 0 Å². The monoisotopic (exact) mass is 524 g/mol. The molecule has 6 atom stereocenters. The average molecular weight is 525 g/mol. The molecule has 4 unspecified atom stereocenters. The summed E-state index contributed by atoms with van der Waals surface area (Å²) in [6, 6.07) is 4.06. The van der Waals surface area contributed by atoms with Crippen LogP contribution in [0, 0.1) is 29.6 Å². The molecular formula is C23H32N4O6S2. The van der Waals surface area contributed by atoms with Gasteiger partial charge in [-0.15, -0.1) is 4.40 Å². The second-order valence-corrected chi connectivity index (χ2v) is 14.1. The molecule has 2 bridgehead atoms. The molecule has 0 spiro atoms. The number of carbonyl (C=O) groups excluding carboxylic acids is 1. The number of carbonyl (C=O) groups is 1. The third-order valence-electron chi connectivity index (χ3n) is 7.87. The van der Waals surface area contributed by atoms with Crippen LogP contribution in [0.4, 0.5) is 11.4 Å². The van der Waals surface area contributed by atoms with Gasteiger partial charge in [0.25, 0.3) is 10.0 Å². The smallest absolute Gasteiger partial charge is 0.286 e. The zero-order valence-electron chi connectivity index (χ0n) is 20.0. The molecule has 10 nitrogen and oxygen atoms in total. The van der Waals surface area contributed by atoms with Gasteiger partial charge in [0, 0.05) is 24.2 Å². The number of hydrogen-bond donors (Lipinski definition) is 3. The maximum Gasteiger partial charge on any atom is 0.286 e. The third-order valence-corrected chi connectivity index (χ3v) is 9.80. The van der Waals surface area contributed by atoms with Crippen LogP contribution < -0.4 is 10.0 Å². The predicted octanol–water partition coefficient (Wildman–Crippen LogP) is 1.85. The number of aliphatic hydroxyl groups excluding tert-OH is 1. The Hall–Kier alpha value is -2.18. The Labute approximate surface area is 206 Å². The summed E-state index contributed by atoms with van der Waals surface area (Å²) >= 11 is 0. The molecule has 2 aliphatic carbocycles. The van der Waals surface area contributed by atoms with Gasteiger partial charge in [0.2, 0.25) is 15.9 Å². The fourth-order valence-electron chi connectivity index (χ4n) is 6.47. The van der Waals surface area contributed by atoms with Gasteiger partial charge in [0.15, 0.2) is 0 Å². The molecule has 0 radical (unpaired) electrons. The number of hydrogen-bond acceptors (Lipinski definition) is 7. The van der Waals surface area contributed by atoms with E-state index < -0.39 is 32.1 Å². The Bertz CT molecular complexity index is 1290. The lowest BCUT2D eigenvalue weighted by Gasteiger charge is -2.49. The van der Waals surface area contributed by atoms with Crippen LogP contribution in [0.1, 0.15) is 39.5 Å². The van der Waals surface area contributed by atoms with Crippen molar-refractivity contribution in [3.63, 3.8) is 0 Å². The summed E-state index contributed by atoms with van der Waals surface area (Å²) in [6.07, 6.45) is 3.83. The van der Waals surface area contributed by atoms with Crippen LogP contribution in [-0.4, -0.2) is 63.5 Å². The lowest BCUT2D eigenvalue weighted by Crippen LogP contribution is -2.63. The third kappa shape index (κ3) is 4.33. The van der Waals surface area contributed by atoms with Crippen molar-refractivity contribution in [3.8, 4) is 0 Å². The quantitative estimate of drug-likeness (QED) is 0.515. The number of fused-ring (bicyclic) bond motifs is 6. The van der Waals surface area contributed by atoms with E-state index in [-0.39, 0.29) is 40.0 Å². The number of nitrogens with one attached hydrogen (secondary N) is 2. The number of rotatable bonds is 6. The maximum absolute atomic E-state index is 13.8. The van der Waals surface area contributed by atoms with E-state index in [1.807, 2.05) is 4.90 Å². The van der Waals surface area contributed by atoms with Crippen molar-refractivity contribution in [2.24, 2.45) is 34.0 Å². The maximum atomic E-state index is 13.8. The highest BCUT2D eigenvalue weighted by atomic mass is 32.2. The fraction of sp³-hybridized carbons (Fsp3) is 0.652. The number of aliphatic hydroxyl groups is 1. The van der Waals surface area contributed by atoms with Crippen LogP contribution in [0.5, 0.6) is 0 Å². The molecule has 12 heteroatoms. The first-order valence-electron chi connectivity index (χ1n) is 12.1. The highest BCUT2D eigenvalue weighted by Crippen LogP contribution is 2.55.